The Morgan fingerprint density at radius 3 is 2.47 bits per heavy atom. The Bertz CT molecular complexity index is 1230. The van der Waals surface area contributed by atoms with Crippen molar-refractivity contribution in [1.82, 2.24) is 4.98 Å². The summed E-state index contributed by atoms with van der Waals surface area (Å²) in [5, 5.41) is 3.52. The molecule has 0 radical (unpaired) electrons. The van der Waals surface area contributed by atoms with Gasteiger partial charge in [-0.15, -0.1) is 0 Å². The highest BCUT2D eigenvalue weighted by Gasteiger charge is 2.06. The van der Waals surface area contributed by atoms with Crippen molar-refractivity contribution in [3.63, 3.8) is 0 Å². The van der Waals surface area contributed by atoms with Crippen LogP contribution in [-0.4, -0.2) is 17.5 Å². The van der Waals surface area contributed by atoms with E-state index in [4.69, 9.17) is 13.9 Å². The minimum absolute atomic E-state index is 0.185. The third-order valence-electron chi connectivity index (χ3n) is 4.22. The number of amides is 1. The fourth-order valence-electron chi connectivity index (χ4n) is 2.73. The summed E-state index contributed by atoms with van der Waals surface area (Å²) < 4.78 is 16.3. The van der Waals surface area contributed by atoms with Gasteiger partial charge >= 0.3 is 5.63 Å². The first-order chi connectivity index (χ1) is 14.5. The number of pyridine rings is 1. The van der Waals surface area contributed by atoms with Crippen molar-refractivity contribution in [1.29, 1.82) is 0 Å². The minimum atomic E-state index is -0.441. The molecule has 2 aromatic carbocycles. The van der Waals surface area contributed by atoms with E-state index in [1.165, 1.54) is 6.07 Å². The van der Waals surface area contributed by atoms with Gasteiger partial charge in [-0.3, -0.25) is 9.78 Å². The van der Waals surface area contributed by atoms with Crippen LogP contribution in [0.1, 0.15) is 5.69 Å². The van der Waals surface area contributed by atoms with Gasteiger partial charge in [-0.1, -0.05) is 0 Å². The lowest BCUT2D eigenvalue weighted by Crippen LogP contribution is -2.20. The number of ether oxygens (including phenoxy) is 2. The monoisotopic (exact) mass is 402 g/mol. The van der Waals surface area contributed by atoms with Crippen LogP contribution in [0.3, 0.4) is 0 Å². The van der Waals surface area contributed by atoms with E-state index in [-0.39, 0.29) is 12.5 Å². The maximum Gasteiger partial charge on any atom is 0.336 e. The van der Waals surface area contributed by atoms with E-state index in [0.717, 1.165) is 11.1 Å². The van der Waals surface area contributed by atoms with Gasteiger partial charge in [0.2, 0.25) is 0 Å². The maximum atomic E-state index is 12.2. The molecule has 2 heterocycles. The van der Waals surface area contributed by atoms with E-state index in [9.17, 15) is 9.59 Å². The van der Waals surface area contributed by atoms with Crippen LogP contribution in [0.25, 0.3) is 11.0 Å². The molecule has 2 aromatic heterocycles. The number of anilines is 1. The highest BCUT2D eigenvalue weighted by atomic mass is 16.5. The number of hydrogen-bond donors (Lipinski definition) is 1. The zero-order valence-corrected chi connectivity index (χ0v) is 16.1. The largest absolute Gasteiger partial charge is 0.484 e. The third kappa shape index (κ3) is 4.82. The number of nitrogens with one attached hydrogen (secondary N) is 1. The molecule has 7 nitrogen and oxygen atoms in total. The first kappa shape index (κ1) is 19.2. The fourth-order valence-corrected chi connectivity index (χ4v) is 2.73. The Hall–Kier alpha value is -4.13. The maximum absolute atomic E-state index is 12.2. The quantitative estimate of drug-likeness (QED) is 0.484. The Morgan fingerprint density at radius 1 is 0.967 bits per heavy atom. The Kier molecular flexibility index (Phi) is 5.43. The van der Waals surface area contributed by atoms with Crippen molar-refractivity contribution in [3.8, 4) is 17.2 Å². The van der Waals surface area contributed by atoms with E-state index in [0.29, 0.717) is 28.5 Å². The molecular formula is C23H18N2O5. The average molecular weight is 402 g/mol. The number of nitrogens with zero attached hydrogens (tertiary/aromatic N) is 1. The Balaban J connectivity index is 1.32. The van der Waals surface area contributed by atoms with Crippen LogP contribution in [0.2, 0.25) is 0 Å². The van der Waals surface area contributed by atoms with Gasteiger partial charge in [0.1, 0.15) is 22.8 Å². The molecule has 4 rings (SSSR count). The lowest BCUT2D eigenvalue weighted by Gasteiger charge is -2.09. The normalized spacial score (nSPS) is 10.6. The molecule has 150 valence electrons. The van der Waals surface area contributed by atoms with Crippen LogP contribution in [0.15, 0.2) is 82.1 Å². The molecule has 0 aliphatic rings. The molecule has 1 N–H and O–H groups in total. The first-order valence-electron chi connectivity index (χ1n) is 9.22. The summed E-state index contributed by atoms with van der Waals surface area (Å²) in [4.78, 5) is 27.7. The zero-order valence-electron chi connectivity index (χ0n) is 16.1. The smallest absolute Gasteiger partial charge is 0.336 e. The molecule has 0 bridgehead atoms. The molecule has 7 heteroatoms. The van der Waals surface area contributed by atoms with E-state index >= 15 is 0 Å². The Morgan fingerprint density at radius 2 is 1.70 bits per heavy atom. The van der Waals surface area contributed by atoms with E-state index in [2.05, 4.69) is 10.3 Å². The second-order valence-corrected chi connectivity index (χ2v) is 6.55. The summed E-state index contributed by atoms with van der Waals surface area (Å²) >= 11 is 0. The molecular weight excluding hydrogens is 384 g/mol. The summed E-state index contributed by atoms with van der Waals surface area (Å²) in [6.07, 6.45) is 1.65. The highest BCUT2D eigenvalue weighted by molar-refractivity contribution is 5.92. The molecule has 1 amide bonds. The number of carbonyl (C=O) groups is 1. The summed E-state index contributed by atoms with van der Waals surface area (Å²) in [7, 11) is 0. The van der Waals surface area contributed by atoms with E-state index in [1.54, 1.807) is 54.7 Å². The van der Waals surface area contributed by atoms with Gasteiger partial charge in [0, 0.05) is 28.9 Å². The molecule has 0 unspecified atom stereocenters. The summed E-state index contributed by atoms with van der Waals surface area (Å²) in [5.41, 5.74) is 1.49. The molecule has 0 spiro atoms. The van der Waals surface area contributed by atoms with Gasteiger partial charge in [-0.2, -0.15) is 0 Å². The molecule has 4 aromatic rings. The highest BCUT2D eigenvalue weighted by Crippen LogP contribution is 2.23. The Labute approximate surface area is 171 Å². The number of aryl methyl sites for hydroxylation is 1. The standard InChI is InChI=1S/C23H18N2O5/c1-15-2-7-20(13-24-15)29-18-9-5-17(6-10-18)25-22(26)14-28-19-8-3-16-4-11-23(27)30-21(16)12-19/h2-13H,14H2,1H3,(H,25,26). The molecule has 0 saturated heterocycles. The molecule has 30 heavy (non-hydrogen) atoms. The summed E-state index contributed by atoms with van der Waals surface area (Å²) in [5.74, 6) is 1.38. The number of hydrogen-bond acceptors (Lipinski definition) is 6. The predicted molar refractivity (Wildman–Crippen MR) is 112 cm³/mol. The number of fused-ring (bicyclic) bond motifs is 1. The zero-order chi connectivity index (χ0) is 20.9. The number of carbonyl (C=O) groups excluding carboxylic acids is 1. The van der Waals surface area contributed by atoms with Gasteiger partial charge in [-0.25, -0.2) is 4.79 Å². The minimum Gasteiger partial charge on any atom is -0.484 e. The number of aromatic nitrogens is 1. The van der Waals surface area contributed by atoms with Gasteiger partial charge in [-0.05, 0) is 61.5 Å². The molecule has 0 saturated carbocycles. The van der Waals surface area contributed by atoms with Gasteiger partial charge in [0.25, 0.3) is 5.91 Å². The SMILES string of the molecule is Cc1ccc(Oc2ccc(NC(=O)COc3ccc4ccc(=O)oc4c3)cc2)cn1. The van der Waals surface area contributed by atoms with Crippen molar-refractivity contribution in [2.24, 2.45) is 0 Å². The molecule has 0 aliphatic carbocycles. The topological polar surface area (TPSA) is 90.7 Å². The lowest BCUT2D eigenvalue weighted by molar-refractivity contribution is -0.118. The van der Waals surface area contributed by atoms with Crippen molar-refractivity contribution < 1.29 is 18.7 Å². The molecule has 0 fully saturated rings. The molecule has 0 aliphatic heterocycles. The van der Waals surface area contributed by atoms with Crippen molar-refractivity contribution in [2.75, 3.05) is 11.9 Å². The van der Waals surface area contributed by atoms with Crippen LogP contribution >= 0.6 is 0 Å². The average Bonchev–Trinajstić information content (AvgIpc) is 2.75. The van der Waals surface area contributed by atoms with Crippen LogP contribution in [0, 0.1) is 6.92 Å². The summed E-state index contributed by atoms with van der Waals surface area (Å²) in [6, 6.07) is 18.7. The van der Waals surface area contributed by atoms with Crippen LogP contribution in [0.4, 0.5) is 5.69 Å². The summed E-state index contributed by atoms with van der Waals surface area (Å²) in [6.45, 7) is 1.72. The van der Waals surface area contributed by atoms with Gasteiger partial charge < -0.3 is 19.2 Å². The molecule has 0 atom stereocenters. The lowest BCUT2D eigenvalue weighted by atomic mass is 10.2. The van der Waals surface area contributed by atoms with Gasteiger partial charge in [0.05, 0.1) is 6.20 Å². The van der Waals surface area contributed by atoms with Crippen LogP contribution in [0.5, 0.6) is 17.2 Å². The van der Waals surface area contributed by atoms with E-state index in [1.807, 2.05) is 19.1 Å². The second kappa shape index (κ2) is 8.48. The predicted octanol–water partition coefficient (Wildman–Crippen LogP) is 4.31. The number of rotatable bonds is 6. The van der Waals surface area contributed by atoms with Gasteiger partial charge in [0.15, 0.2) is 6.61 Å². The fraction of sp³-hybridized carbons (Fsp3) is 0.0870. The number of benzene rings is 2. The van der Waals surface area contributed by atoms with E-state index < -0.39 is 5.63 Å². The van der Waals surface area contributed by atoms with Crippen molar-refractivity contribution in [2.45, 2.75) is 6.92 Å². The van der Waals surface area contributed by atoms with Crippen molar-refractivity contribution >= 4 is 22.6 Å². The van der Waals surface area contributed by atoms with Crippen LogP contribution in [-0.2, 0) is 4.79 Å². The van der Waals surface area contributed by atoms with Crippen LogP contribution < -0.4 is 20.4 Å². The van der Waals surface area contributed by atoms with Crippen molar-refractivity contribution in [3.05, 3.63) is 89.0 Å². The second-order valence-electron chi connectivity index (χ2n) is 6.55. The first-order valence-corrected chi connectivity index (χ1v) is 9.22. The third-order valence-corrected chi connectivity index (χ3v) is 4.22.